The molecule has 0 atom stereocenters. The predicted molar refractivity (Wildman–Crippen MR) is 73.8 cm³/mol. The molecule has 0 spiro atoms. The summed E-state index contributed by atoms with van der Waals surface area (Å²) in [4.78, 5) is 11.5. The lowest BCUT2D eigenvalue weighted by Gasteiger charge is -2.07. The summed E-state index contributed by atoms with van der Waals surface area (Å²) in [6, 6.07) is 7.53. The Balaban J connectivity index is 2.12. The molecule has 1 aromatic carbocycles. The number of urea groups is 1. The zero-order valence-corrected chi connectivity index (χ0v) is 10.9. The summed E-state index contributed by atoms with van der Waals surface area (Å²) in [7, 11) is 0. The van der Waals surface area contributed by atoms with Crippen LogP contribution in [0.5, 0.6) is 0 Å². The van der Waals surface area contributed by atoms with Gasteiger partial charge in [-0.25, -0.2) is 4.79 Å². The van der Waals surface area contributed by atoms with Crippen molar-refractivity contribution < 1.29 is 9.90 Å². The second-order valence-electron chi connectivity index (χ2n) is 4.38. The second-order valence-corrected chi connectivity index (χ2v) is 4.38. The lowest BCUT2D eigenvalue weighted by Crippen LogP contribution is -2.29. The maximum Gasteiger partial charge on any atom is 0.319 e. The molecule has 4 heteroatoms. The van der Waals surface area contributed by atoms with E-state index in [9.17, 15) is 4.79 Å². The molecule has 0 aliphatic carbocycles. The monoisotopic (exact) mass is 250 g/mol. The molecule has 4 nitrogen and oxygen atoms in total. The van der Waals surface area contributed by atoms with E-state index in [4.69, 9.17) is 5.11 Å². The van der Waals surface area contributed by atoms with Crippen molar-refractivity contribution in [3.63, 3.8) is 0 Å². The van der Waals surface area contributed by atoms with E-state index in [0.717, 1.165) is 31.4 Å². The minimum Gasteiger partial charge on any atom is -0.396 e. The van der Waals surface area contributed by atoms with Crippen molar-refractivity contribution in [2.45, 2.75) is 32.6 Å². The van der Waals surface area contributed by atoms with Gasteiger partial charge in [-0.15, -0.1) is 0 Å². The molecule has 0 radical (unpaired) electrons. The van der Waals surface area contributed by atoms with Crippen LogP contribution in [0.25, 0.3) is 0 Å². The van der Waals surface area contributed by atoms with Crippen molar-refractivity contribution >= 4 is 11.7 Å². The van der Waals surface area contributed by atoms with E-state index in [1.807, 2.05) is 31.2 Å². The van der Waals surface area contributed by atoms with E-state index < -0.39 is 0 Å². The highest BCUT2D eigenvalue weighted by molar-refractivity contribution is 5.89. The number of aliphatic hydroxyl groups excluding tert-OH is 1. The van der Waals surface area contributed by atoms with Gasteiger partial charge >= 0.3 is 6.03 Å². The van der Waals surface area contributed by atoms with E-state index >= 15 is 0 Å². The molecule has 3 N–H and O–H groups in total. The van der Waals surface area contributed by atoms with E-state index in [0.29, 0.717) is 6.54 Å². The number of hydrogen-bond acceptors (Lipinski definition) is 2. The van der Waals surface area contributed by atoms with Crippen molar-refractivity contribution in [2.24, 2.45) is 0 Å². The number of carbonyl (C=O) groups excluding carboxylic acids is 1. The summed E-state index contributed by atoms with van der Waals surface area (Å²) < 4.78 is 0. The smallest absolute Gasteiger partial charge is 0.319 e. The molecule has 1 aromatic rings. The molecule has 1 rings (SSSR count). The third-order valence-corrected chi connectivity index (χ3v) is 2.68. The van der Waals surface area contributed by atoms with Gasteiger partial charge in [-0.05, 0) is 31.9 Å². The third kappa shape index (κ3) is 6.25. The Labute approximate surface area is 108 Å². The lowest BCUT2D eigenvalue weighted by atomic mass is 10.2. The first-order chi connectivity index (χ1) is 8.72. The van der Waals surface area contributed by atoms with Crippen LogP contribution in [-0.4, -0.2) is 24.3 Å². The van der Waals surface area contributed by atoms with Gasteiger partial charge in [-0.2, -0.15) is 0 Å². The highest BCUT2D eigenvalue weighted by atomic mass is 16.2. The molecule has 2 amide bonds. The fourth-order valence-electron chi connectivity index (χ4n) is 1.60. The van der Waals surface area contributed by atoms with Crippen LogP contribution in [0.1, 0.15) is 31.2 Å². The first-order valence-corrected chi connectivity index (χ1v) is 6.45. The number of nitrogens with one attached hydrogen (secondary N) is 2. The van der Waals surface area contributed by atoms with Gasteiger partial charge in [-0.1, -0.05) is 30.5 Å². The molecular formula is C14H22N2O2. The summed E-state index contributed by atoms with van der Waals surface area (Å²) in [6.07, 6.45) is 3.83. The van der Waals surface area contributed by atoms with Gasteiger partial charge in [-0.3, -0.25) is 0 Å². The maximum atomic E-state index is 11.5. The van der Waals surface area contributed by atoms with E-state index in [-0.39, 0.29) is 12.6 Å². The topological polar surface area (TPSA) is 61.4 Å². The zero-order chi connectivity index (χ0) is 13.2. The predicted octanol–water partition coefficient (Wildman–Crippen LogP) is 2.67. The Bertz CT molecular complexity index is 349. The fraction of sp³-hybridized carbons (Fsp3) is 0.500. The van der Waals surface area contributed by atoms with Gasteiger partial charge in [0, 0.05) is 18.8 Å². The van der Waals surface area contributed by atoms with Crippen LogP contribution in [0.15, 0.2) is 24.3 Å². The van der Waals surface area contributed by atoms with Crippen LogP contribution < -0.4 is 10.6 Å². The number of carbonyl (C=O) groups is 1. The highest BCUT2D eigenvalue weighted by Crippen LogP contribution is 2.08. The maximum absolute atomic E-state index is 11.5. The van der Waals surface area contributed by atoms with E-state index in [1.165, 1.54) is 5.56 Å². The summed E-state index contributed by atoms with van der Waals surface area (Å²) in [5, 5.41) is 14.2. The normalized spacial score (nSPS) is 10.1. The van der Waals surface area contributed by atoms with Crippen LogP contribution in [-0.2, 0) is 0 Å². The summed E-state index contributed by atoms with van der Waals surface area (Å²) in [5.41, 5.74) is 1.98. The average molecular weight is 250 g/mol. The van der Waals surface area contributed by atoms with Crippen molar-refractivity contribution in [3.8, 4) is 0 Å². The van der Waals surface area contributed by atoms with Gasteiger partial charge in [0.15, 0.2) is 0 Å². The number of rotatable bonds is 7. The van der Waals surface area contributed by atoms with Gasteiger partial charge in [0.2, 0.25) is 0 Å². The Morgan fingerprint density at radius 2 is 1.78 bits per heavy atom. The zero-order valence-electron chi connectivity index (χ0n) is 10.9. The minimum atomic E-state index is -0.166. The molecule has 0 saturated carbocycles. The second kappa shape index (κ2) is 8.53. The Kier molecular flexibility index (Phi) is 6.87. The molecule has 0 saturated heterocycles. The number of anilines is 1. The highest BCUT2D eigenvalue weighted by Gasteiger charge is 2.00. The molecule has 100 valence electrons. The third-order valence-electron chi connectivity index (χ3n) is 2.68. The average Bonchev–Trinajstić information content (AvgIpc) is 2.36. The lowest BCUT2D eigenvalue weighted by molar-refractivity contribution is 0.251. The summed E-state index contributed by atoms with van der Waals surface area (Å²) in [6.45, 7) is 2.93. The summed E-state index contributed by atoms with van der Waals surface area (Å²) in [5.74, 6) is 0. The molecule has 0 aliphatic rings. The number of amides is 2. The number of benzene rings is 1. The number of aryl methyl sites for hydroxylation is 1. The molecule has 18 heavy (non-hydrogen) atoms. The number of unbranched alkanes of at least 4 members (excludes halogenated alkanes) is 3. The van der Waals surface area contributed by atoms with E-state index in [2.05, 4.69) is 10.6 Å². The molecular weight excluding hydrogens is 228 g/mol. The van der Waals surface area contributed by atoms with E-state index in [1.54, 1.807) is 0 Å². The van der Waals surface area contributed by atoms with Crippen molar-refractivity contribution in [2.75, 3.05) is 18.5 Å². The fourth-order valence-corrected chi connectivity index (χ4v) is 1.60. The van der Waals surface area contributed by atoms with Crippen LogP contribution >= 0.6 is 0 Å². The van der Waals surface area contributed by atoms with Crippen molar-refractivity contribution in [1.82, 2.24) is 5.32 Å². The summed E-state index contributed by atoms with van der Waals surface area (Å²) >= 11 is 0. The molecule has 0 aromatic heterocycles. The van der Waals surface area contributed by atoms with Crippen molar-refractivity contribution in [1.29, 1.82) is 0 Å². The molecule has 0 bridgehead atoms. The first kappa shape index (κ1) is 14.5. The van der Waals surface area contributed by atoms with Gasteiger partial charge in [0.25, 0.3) is 0 Å². The van der Waals surface area contributed by atoms with Gasteiger partial charge < -0.3 is 15.7 Å². The molecule has 0 unspecified atom stereocenters. The molecule has 0 aliphatic heterocycles. The van der Waals surface area contributed by atoms with Crippen molar-refractivity contribution in [3.05, 3.63) is 29.8 Å². The first-order valence-electron chi connectivity index (χ1n) is 6.45. The number of hydrogen-bond donors (Lipinski definition) is 3. The van der Waals surface area contributed by atoms with Crippen LogP contribution in [0.3, 0.4) is 0 Å². The Morgan fingerprint density at radius 3 is 2.44 bits per heavy atom. The standard InChI is InChI=1S/C14H22N2O2/c1-12-6-8-13(9-7-12)16-14(18)15-10-4-2-3-5-11-17/h6-9,17H,2-5,10-11H2,1H3,(H2,15,16,18). The Hall–Kier alpha value is -1.55. The Morgan fingerprint density at radius 1 is 1.11 bits per heavy atom. The van der Waals surface area contributed by atoms with Gasteiger partial charge in [0.05, 0.1) is 0 Å². The molecule has 0 heterocycles. The number of aliphatic hydroxyl groups is 1. The molecule has 0 fully saturated rings. The van der Waals surface area contributed by atoms with Crippen LogP contribution in [0.4, 0.5) is 10.5 Å². The van der Waals surface area contributed by atoms with Gasteiger partial charge in [0.1, 0.15) is 0 Å². The van der Waals surface area contributed by atoms with Crippen LogP contribution in [0.2, 0.25) is 0 Å². The largest absolute Gasteiger partial charge is 0.396 e. The quantitative estimate of drug-likeness (QED) is 0.651. The minimum absolute atomic E-state index is 0.166. The van der Waals surface area contributed by atoms with Crippen LogP contribution in [0, 0.1) is 6.92 Å². The SMILES string of the molecule is Cc1ccc(NC(=O)NCCCCCCO)cc1.